The highest BCUT2D eigenvalue weighted by atomic mass is 16.4. The minimum atomic E-state index is -0.778. The third-order valence-corrected chi connectivity index (χ3v) is 3.79. The fourth-order valence-electron chi connectivity index (χ4n) is 2.77. The van der Waals surface area contributed by atoms with Crippen molar-refractivity contribution in [1.82, 2.24) is 4.57 Å². The first-order valence-electron chi connectivity index (χ1n) is 7.29. The van der Waals surface area contributed by atoms with Crippen LogP contribution in [0.4, 0.5) is 0 Å². The first-order chi connectivity index (χ1) is 10.7. The Bertz CT molecular complexity index is 821. The van der Waals surface area contributed by atoms with E-state index in [0.29, 0.717) is 13.0 Å². The molecule has 0 fully saturated rings. The molecule has 4 nitrogen and oxygen atoms in total. The quantitative estimate of drug-likeness (QED) is 0.759. The molecule has 1 aromatic heterocycles. The zero-order chi connectivity index (χ0) is 15.5. The zero-order valence-corrected chi connectivity index (χ0v) is 12.2. The summed E-state index contributed by atoms with van der Waals surface area (Å²) in [6.45, 7) is 0.452. The van der Waals surface area contributed by atoms with Crippen LogP contribution < -0.4 is 5.73 Å². The summed E-state index contributed by atoms with van der Waals surface area (Å²) >= 11 is 0. The van der Waals surface area contributed by atoms with Gasteiger partial charge in [0, 0.05) is 29.7 Å². The molecule has 0 spiro atoms. The molecule has 0 bridgehead atoms. The second-order valence-electron chi connectivity index (χ2n) is 5.30. The Balaban J connectivity index is 2.07. The summed E-state index contributed by atoms with van der Waals surface area (Å²) in [5, 5.41) is 9.98. The molecule has 0 aliphatic rings. The number of para-hydroxylation sites is 1. The van der Waals surface area contributed by atoms with E-state index >= 15 is 0 Å². The van der Waals surface area contributed by atoms with Gasteiger partial charge >= 0.3 is 5.97 Å². The van der Waals surface area contributed by atoms with Crippen LogP contribution in [0.2, 0.25) is 0 Å². The molecule has 0 aliphatic heterocycles. The van der Waals surface area contributed by atoms with Crippen molar-refractivity contribution in [2.75, 3.05) is 0 Å². The molecule has 0 radical (unpaired) electrons. The summed E-state index contributed by atoms with van der Waals surface area (Å²) in [5.41, 5.74) is 10.1. The van der Waals surface area contributed by atoms with E-state index in [1.807, 2.05) is 36.4 Å². The number of hydrogen-bond acceptors (Lipinski definition) is 2. The number of carboxylic acids is 1. The fraction of sp³-hybridized carbons (Fsp3) is 0.167. The minimum Gasteiger partial charge on any atom is -0.481 e. The molecule has 112 valence electrons. The normalized spacial score (nSPS) is 11.0. The van der Waals surface area contributed by atoms with E-state index < -0.39 is 5.97 Å². The van der Waals surface area contributed by atoms with Gasteiger partial charge in [0.05, 0.1) is 5.52 Å². The second-order valence-corrected chi connectivity index (χ2v) is 5.30. The van der Waals surface area contributed by atoms with Crippen molar-refractivity contribution >= 4 is 16.9 Å². The summed E-state index contributed by atoms with van der Waals surface area (Å²) in [5.74, 6) is -0.778. The number of nitrogens with two attached hydrogens (primary N) is 1. The van der Waals surface area contributed by atoms with Crippen LogP contribution >= 0.6 is 0 Å². The van der Waals surface area contributed by atoms with Crippen LogP contribution in [0.15, 0.2) is 54.6 Å². The zero-order valence-electron chi connectivity index (χ0n) is 12.2. The molecule has 0 unspecified atom stereocenters. The van der Waals surface area contributed by atoms with Crippen molar-refractivity contribution < 1.29 is 9.90 Å². The van der Waals surface area contributed by atoms with E-state index in [0.717, 1.165) is 27.8 Å². The molecule has 22 heavy (non-hydrogen) atoms. The molecule has 1 heterocycles. The molecule has 0 saturated heterocycles. The number of aryl methyl sites for hydroxylation is 1. The molecule has 3 rings (SSSR count). The Morgan fingerprint density at radius 1 is 1.09 bits per heavy atom. The summed E-state index contributed by atoms with van der Waals surface area (Å²) in [6, 6.07) is 18.2. The van der Waals surface area contributed by atoms with Crippen molar-refractivity contribution in [2.24, 2.45) is 5.73 Å². The standard InChI is InChI=1S/C18H18N2O2/c19-12-16-11-14-5-1-2-7-17(14)20(16)15-6-3-4-13(10-15)8-9-18(21)22/h1-7,10-11H,8-9,12,19H2,(H,21,22). The van der Waals surface area contributed by atoms with Crippen LogP contribution in [-0.4, -0.2) is 15.6 Å². The van der Waals surface area contributed by atoms with E-state index in [1.165, 1.54) is 0 Å². The molecular weight excluding hydrogens is 276 g/mol. The summed E-state index contributed by atoms with van der Waals surface area (Å²) < 4.78 is 2.14. The number of aromatic nitrogens is 1. The Morgan fingerprint density at radius 3 is 2.68 bits per heavy atom. The highest BCUT2D eigenvalue weighted by Crippen LogP contribution is 2.25. The molecule has 3 aromatic rings. The second kappa shape index (κ2) is 6.03. The van der Waals surface area contributed by atoms with Crippen LogP contribution in [0.5, 0.6) is 0 Å². The van der Waals surface area contributed by atoms with Gasteiger partial charge < -0.3 is 15.4 Å². The maximum atomic E-state index is 10.7. The third kappa shape index (κ3) is 2.73. The molecule has 3 N–H and O–H groups in total. The van der Waals surface area contributed by atoms with E-state index in [9.17, 15) is 4.79 Å². The maximum absolute atomic E-state index is 10.7. The molecule has 0 saturated carbocycles. The van der Waals surface area contributed by atoms with Gasteiger partial charge in [0.1, 0.15) is 0 Å². The fourth-order valence-corrected chi connectivity index (χ4v) is 2.77. The van der Waals surface area contributed by atoms with Gasteiger partial charge in [-0.25, -0.2) is 0 Å². The van der Waals surface area contributed by atoms with Gasteiger partial charge in [-0.15, -0.1) is 0 Å². The average molecular weight is 294 g/mol. The molecule has 0 amide bonds. The first-order valence-corrected chi connectivity index (χ1v) is 7.29. The summed E-state index contributed by atoms with van der Waals surface area (Å²) in [4.78, 5) is 10.7. The van der Waals surface area contributed by atoms with E-state index in [2.05, 4.69) is 22.8 Å². The van der Waals surface area contributed by atoms with E-state index in [4.69, 9.17) is 10.8 Å². The number of carboxylic acid groups (broad SMARTS) is 1. The average Bonchev–Trinajstić information content (AvgIpc) is 2.91. The Labute approximate surface area is 128 Å². The van der Waals surface area contributed by atoms with Crippen LogP contribution in [0, 0.1) is 0 Å². The number of carbonyl (C=O) groups is 1. The SMILES string of the molecule is NCc1cc2ccccc2n1-c1cccc(CCC(=O)O)c1. The van der Waals surface area contributed by atoms with Crippen LogP contribution in [0.25, 0.3) is 16.6 Å². The van der Waals surface area contributed by atoms with E-state index in [-0.39, 0.29) is 6.42 Å². The molecule has 2 aromatic carbocycles. The van der Waals surface area contributed by atoms with Gasteiger partial charge in [-0.2, -0.15) is 0 Å². The minimum absolute atomic E-state index is 0.139. The largest absolute Gasteiger partial charge is 0.481 e. The van der Waals surface area contributed by atoms with Gasteiger partial charge in [0.2, 0.25) is 0 Å². The summed E-state index contributed by atoms with van der Waals surface area (Å²) in [7, 11) is 0. The van der Waals surface area contributed by atoms with Crippen LogP contribution in [0.3, 0.4) is 0 Å². The van der Waals surface area contributed by atoms with Crippen molar-refractivity contribution in [1.29, 1.82) is 0 Å². The van der Waals surface area contributed by atoms with Gasteiger partial charge in [0.15, 0.2) is 0 Å². The summed E-state index contributed by atoms with van der Waals surface area (Å²) in [6.07, 6.45) is 0.667. The maximum Gasteiger partial charge on any atom is 0.303 e. The number of nitrogens with zero attached hydrogens (tertiary/aromatic N) is 1. The molecule has 0 aliphatic carbocycles. The van der Waals surface area contributed by atoms with Crippen molar-refractivity contribution in [2.45, 2.75) is 19.4 Å². The van der Waals surface area contributed by atoms with Gasteiger partial charge in [0.25, 0.3) is 0 Å². The third-order valence-electron chi connectivity index (χ3n) is 3.79. The number of rotatable bonds is 5. The lowest BCUT2D eigenvalue weighted by molar-refractivity contribution is -0.136. The highest BCUT2D eigenvalue weighted by Gasteiger charge is 2.09. The van der Waals surface area contributed by atoms with E-state index in [1.54, 1.807) is 0 Å². The Hall–Kier alpha value is -2.59. The predicted octanol–water partition coefficient (Wildman–Crippen LogP) is 3.11. The number of aliphatic carboxylic acids is 1. The predicted molar refractivity (Wildman–Crippen MR) is 87.1 cm³/mol. The van der Waals surface area contributed by atoms with Gasteiger partial charge in [-0.05, 0) is 36.2 Å². The monoisotopic (exact) mass is 294 g/mol. The van der Waals surface area contributed by atoms with Crippen LogP contribution in [-0.2, 0) is 17.8 Å². The number of hydrogen-bond donors (Lipinski definition) is 2. The Kier molecular flexibility index (Phi) is 3.94. The lowest BCUT2D eigenvalue weighted by Gasteiger charge is -2.11. The van der Waals surface area contributed by atoms with Gasteiger partial charge in [-0.1, -0.05) is 30.3 Å². The number of fused-ring (bicyclic) bond motifs is 1. The Morgan fingerprint density at radius 2 is 1.91 bits per heavy atom. The molecular formula is C18H18N2O2. The smallest absolute Gasteiger partial charge is 0.303 e. The van der Waals surface area contributed by atoms with Crippen molar-refractivity contribution in [3.8, 4) is 5.69 Å². The van der Waals surface area contributed by atoms with Crippen LogP contribution in [0.1, 0.15) is 17.7 Å². The number of benzene rings is 2. The van der Waals surface area contributed by atoms with Crippen molar-refractivity contribution in [3.05, 3.63) is 65.9 Å². The van der Waals surface area contributed by atoms with Crippen molar-refractivity contribution in [3.63, 3.8) is 0 Å². The first kappa shape index (κ1) is 14.4. The highest BCUT2D eigenvalue weighted by molar-refractivity contribution is 5.83. The lowest BCUT2D eigenvalue weighted by Crippen LogP contribution is -2.06. The topological polar surface area (TPSA) is 68.2 Å². The molecule has 0 atom stereocenters. The molecule has 4 heteroatoms. The lowest BCUT2D eigenvalue weighted by atomic mass is 10.1. The van der Waals surface area contributed by atoms with Gasteiger partial charge in [-0.3, -0.25) is 4.79 Å².